The molecule has 0 heterocycles. The standard InChI is InChI=1S/C43H82O5/c1-4-7-10-13-16-19-21-23-26-29-32-35-38-46-39-41(48-43(45)37-34-31-28-24-18-15-12-9-6-3)40-47-42(44)36-33-30-27-25-22-20-17-14-11-8-5-2/h14,17,41H,4-13,15-16,18-40H2,1-3H3/b17-14-. The minimum absolute atomic E-state index is 0.0884. The molecule has 0 aromatic heterocycles. The van der Waals surface area contributed by atoms with Gasteiger partial charge < -0.3 is 14.2 Å². The molecule has 0 amide bonds. The van der Waals surface area contributed by atoms with Gasteiger partial charge >= 0.3 is 11.9 Å². The molecule has 0 N–H and O–H groups in total. The van der Waals surface area contributed by atoms with Crippen molar-refractivity contribution in [3.05, 3.63) is 12.2 Å². The van der Waals surface area contributed by atoms with E-state index in [4.69, 9.17) is 14.2 Å². The van der Waals surface area contributed by atoms with E-state index >= 15 is 0 Å². The molecule has 5 nitrogen and oxygen atoms in total. The molecule has 0 aliphatic heterocycles. The van der Waals surface area contributed by atoms with Crippen LogP contribution in [0.2, 0.25) is 0 Å². The second-order valence-electron chi connectivity index (χ2n) is 14.3. The van der Waals surface area contributed by atoms with Gasteiger partial charge in [-0.05, 0) is 38.5 Å². The predicted octanol–water partition coefficient (Wildman–Crippen LogP) is 13.6. The average molecular weight is 679 g/mol. The maximum atomic E-state index is 12.6. The van der Waals surface area contributed by atoms with E-state index in [2.05, 4.69) is 32.9 Å². The molecule has 0 rings (SSSR count). The predicted molar refractivity (Wildman–Crippen MR) is 206 cm³/mol. The first kappa shape index (κ1) is 46.6. The van der Waals surface area contributed by atoms with Gasteiger partial charge in [0, 0.05) is 19.4 Å². The first-order valence-corrected chi connectivity index (χ1v) is 21.2. The van der Waals surface area contributed by atoms with Gasteiger partial charge in [-0.2, -0.15) is 0 Å². The highest BCUT2D eigenvalue weighted by Crippen LogP contribution is 2.14. The highest BCUT2D eigenvalue weighted by Gasteiger charge is 2.17. The molecule has 0 aromatic rings. The fourth-order valence-electron chi connectivity index (χ4n) is 6.08. The Hall–Kier alpha value is -1.36. The minimum atomic E-state index is -0.525. The van der Waals surface area contributed by atoms with Crippen molar-refractivity contribution in [1.82, 2.24) is 0 Å². The lowest BCUT2D eigenvalue weighted by Crippen LogP contribution is -2.30. The van der Waals surface area contributed by atoms with Crippen molar-refractivity contribution in [3.63, 3.8) is 0 Å². The van der Waals surface area contributed by atoms with Crippen LogP contribution in [0.25, 0.3) is 0 Å². The second kappa shape index (κ2) is 40.1. The Morgan fingerprint density at radius 2 is 0.833 bits per heavy atom. The van der Waals surface area contributed by atoms with Gasteiger partial charge in [0.05, 0.1) is 6.61 Å². The Labute approximate surface area is 299 Å². The van der Waals surface area contributed by atoms with Crippen LogP contribution in [0.4, 0.5) is 0 Å². The number of hydrogen-bond donors (Lipinski definition) is 0. The summed E-state index contributed by atoms with van der Waals surface area (Å²) in [5, 5.41) is 0. The Bertz CT molecular complexity index is 691. The minimum Gasteiger partial charge on any atom is -0.462 e. The van der Waals surface area contributed by atoms with Crippen LogP contribution in [0.3, 0.4) is 0 Å². The summed E-state index contributed by atoms with van der Waals surface area (Å²) in [5.74, 6) is -0.400. The number of ether oxygens (including phenoxy) is 3. The number of carbonyl (C=O) groups excluding carboxylic acids is 2. The zero-order valence-corrected chi connectivity index (χ0v) is 32.5. The molecule has 0 aromatic carbocycles. The van der Waals surface area contributed by atoms with Gasteiger partial charge in [0.2, 0.25) is 0 Å². The lowest BCUT2D eigenvalue weighted by molar-refractivity contribution is -0.163. The Balaban J connectivity index is 4.20. The van der Waals surface area contributed by atoms with Crippen LogP contribution in [0, 0.1) is 0 Å². The summed E-state index contributed by atoms with van der Waals surface area (Å²) in [4.78, 5) is 25.1. The fourth-order valence-corrected chi connectivity index (χ4v) is 6.08. The number of allylic oxidation sites excluding steroid dienone is 2. The molecule has 0 fully saturated rings. The molecule has 5 heteroatoms. The monoisotopic (exact) mass is 679 g/mol. The largest absolute Gasteiger partial charge is 0.462 e. The number of unbranched alkanes of at least 4 members (excludes halogenated alkanes) is 26. The highest BCUT2D eigenvalue weighted by molar-refractivity contribution is 5.70. The summed E-state index contributed by atoms with van der Waals surface area (Å²) in [7, 11) is 0. The molecule has 0 spiro atoms. The molecule has 0 radical (unpaired) electrons. The molecule has 0 aliphatic carbocycles. The Kier molecular flexibility index (Phi) is 38.9. The van der Waals surface area contributed by atoms with E-state index in [1.807, 2.05) is 0 Å². The van der Waals surface area contributed by atoms with Crippen LogP contribution >= 0.6 is 0 Å². The molecule has 0 saturated heterocycles. The van der Waals surface area contributed by atoms with E-state index in [1.54, 1.807) is 0 Å². The second-order valence-corrected chi connectivity index (χ2v) is 14.3. The highest BCUT2D eigenvalue weighted by atomic mass is 16.6. The Morgan fingerprint density at radius 3 is 1.33 bits per heavy atom. The molecule has 1 atom stereocenters. The van der Waals surface area contributed by atoms with Gasteiger partial charge in [-0.1, -0.05) is 187 Å². The van der Waals surface area contributed by atoms with Crippen LogP contribution in [0.15, 0.2) is 12.2 Å². The maximum absolute atomic E-state index is 12.6. The third-order valence-corrected chi connectivity index (χ3v) is 9.30. The molecule has 284 valence electrons. The normalized spacial score (nSPS) is 12.1. The lowest BCUT2D eigenvalue weighted by atomic mass is 10.1. The molecular weight excluding hydrogens is 596 g/mol. The molecule has 48 heavy (non-hydrogen) atoms. The van der Waals surface area contributed by atoms with Crippen molar-refractivity contribution in [2.75, 3.05) is 19.8 Å². The molecule has 0 aliphatic rings. The third-order valence-electron chi connectivity index (χ3n) is 9.30. The first-order valence-electron chi connectivity index (χ1n) is 21.2. The maximum Gasteiger partial charge on any atom is 0.306 e. The van der Waals surface area contributed by atoms with Crippen molar-refractivity contribution >= 4 is 11.9 Å². The molecular formula is C43H82O5. The quantitative estimate of drug-likeness (QED) is 0.0368. The smallest absolute Gasteiger partial charge is 0.306 e. The summed E-state index contributed by atoms with van der Waals surface area (Å²) in [6.45, 7) is 7.79. The van der Waals surface area contributed by atoms with Crippen molar-refractivity contribution < 1.29 is 23.8 Å². The van der Waals surface area contributed by atoms with E-state index in [0.29, 0.717) is 26.1 Å². The van der Waals surface area contributed by atoms with Gasteiger partial charge in [0.1, 0.15) is 6.61 Å². The van der Waals surface area contributed by atoms with Crippen LogP contribution in [-0.2, 0) is 23.8 Å². The summed E-state index contributed by atoms with van der Waals surface area (Å²) >= 11 is 0. The van der Waals surface area contributed by atoms with E-state index < -0.39 is 6.10 Å². The third kappa shape index (κ3) is 37.5. The van der Waals surface area contributed by atoms with Crippen LogP contribution in [0.1, 0.15) is 226 Å². The number of carbonyl (C=O) groups is 2. The van der Waals surface area contributed by atoms with Gasteiger partial charge in [-0.3, -0.25) is 9.59 Å². The van der Waals surface area contributed by atoms with E-state index in [0.717, 1.165) is 44.9 Å². The van der Waals surface area contributed by atoms with Gasteiger partial charge in [-0.15, -0.1) is 0 Å². The topological polar surface area (TPSA) is 61.8 Å². The van der Waals surface area contributed by atoms with E-state index in [-0.39, 0.29) is 18.5 Å². The summed E-state index contributed by atoms with van der Waals surface area (Å²) in [6, 6.07) is 0. The lowest BCUT2D eigenvalue weighted by Gasteiger charge is -2.18. The molecule has 0 saturated carbocycles. The fraction of sp³-hybridized carbons (Fsp3) is 0.907. The van der Waals surface area contributed by atoms with E-state index in [9.17, 15) is 9.59 Å². The number of rotatable bonds is 39. The van der Waals surface area contributed by atoms with Crippen molar-refractivity contribution in [1.29, 1.82) is 0 Å². The number of esters is 2. The van der Waals surface area contributed by atoms with Crippen LogP contribution < -0.4 is 0 Å². The summed E-state index contributed by atoms with van der Waals surface area (Å²) < 4.78 is 17.2. The zero-order valence-electron chi connectivity index (χ0n) is 32.5. The Morgan fingerprint density at radius 1 is 0.438 bits per heavy atom. The van der Waals surface area contributed by atoms with Crippen molar-refractivity contribution in [2.45, 2.75) is 232 Å². The summed E-state index contributed by atoms with van der Waals surface area (Å²) in [5.41, 5.74) is 0. The number of hydrogen-bond acceptors (Lipinski definition) is 5. The van der Waals surface area contributed by atoms with Crippen molar-refractivity contribution in [3.8, 4) is 0 Å². The summed E-state index contributed by atoms with van der Waals surface area (Å²) in [6.07, 6.45) is 42.0. The SMILES string of the molecule is CCCC/C=C\CCCCCCCC(=O)OCC(COCCCCCCCCCCCCCC)OC(=O)CCCCCCCCCCC. The van der Waals surface area contributed by atoms with Crippen molar-refractivity contribution in [2.24, 2.45) is 0 Å². The first-order chi connectivity index (χ1) is 23.6. The zero-order chi connectivity index (χ0) is 35.0. The van der Waals surface area contributed by atoms with Gasteiger partial charge in [0.25, 0.3) is 0 Å². The van der Waals surface area contributed by atoms with Gasteiger partial charge in [-0.25, -0.2) is 0 Å². The van der Waals surface area contributed by atoms with Crippen LogP contribution in [0.5, 0.6) is 0 Å². The molecule has 1 unspecified atom stereocenters. The van der Waals surface area contributed by atoms with Gasteiger partial charge in [0.15, 0.2) is 6.10 Å². The average Bonchev–Trinajstić information content (AvgIpc) is 3.08. The van der Waals surface area contributed by atoms with Crippen LogP contribution in [-0.4, -0.2) is 37.9 Å². The molecule has 0 bridgehead atoms. The van der Waals surface area contributed by atoms with E-state index in [1.165, 1.54) is 148 Å².